The normalized spacial score (nSPS) is 16.3. The Kier molecular flexibility index (Phi) is 4.21. The minimum absolute atomic E-state index is 0.750. The molecule has 0 amide bonds. The third-order valence-electron chi connectivity index (χ3n) is 3.08. The fourth-order valence-corrected chi connectivity index (χ4v) is 2.07. The van der Waals surface area contributed by atoms with Gasteiger partial charge in [0.25, 0.3) is 0 Å². The SMILES string of the molecule is Brc1ccc(COCCC2CCC2)cc1. The molecular formula is C13H17BrO. The monoisotopic (exact) mass is 268 g/mol. The minimum atomic E-state index is 0.750. The van der Waals surface area contributed by atoms with Crippen molar-refractivity contribution >= 4 is 15.9 Å². The highest BCUT2D eigenvalue weighted by Gasteiger charge is 2.16. The molecule has 1 aromatic rings. The third-order valence-corrected chi connectivity index (χ3v) is 3.61. The Balaban J connectivity index is 1.62. The van der Waals surface area contributed by atoms with Gasteiger partial charge >= 0.3 is 0 Å². The zero-order chi connectivity index (χ0) is 10.5. The van der Waals surface area contributed by atoms with E-state index in [9.17, 15) is 0 Å². The van der Waals surface area contributed by atoms with E-state index in [2.05, 4.69) is 40.2 Å². The lowest BCUT2D eigenvalue weighted by Crippen LogP contribution is -2.13. The summed E-state index contributed by atoms with van der Waals surface area (Å²) in [4.78, 5) is 0. The molecule has 0 spiro atoms. The van der Waals surface area contributed by atoms with Gasteiger partial charge in [-0.1, -0.05) is 47.3 Å². The number of ether oxygens (including phenoxy) is 1. The standard InChI is InChI=1S/C13H17BrO/c14-13-6-4-12(5-7-13)10-15-9-8-11-2-1-3-11/h4-7,11H,1-3,8-10H2. The van der Waals surface area contributed by atoms with Gasteiger partial charge in [-0.3, -0.25) is 0 Å². The van der Waals surface area contributed by atoms with Crippen LogP contribution < -0.4 is 0 Å². The summed E-state index contributed by atoms with van der Waals surface area (Å²) >= 11 is 3.42. The highest BCUT2D eigenvalue weighted by molar-refractivity contribution is 9.10. The molecule has 2 rings (SSSR count). The van der Waals surface area contributed by atoms with Crippen LogP contribution in [0.15, 0.2) is 28.7 Å². The van der Waals surface area contributed by atoms with Gasteiger partial charge in [-0.05, 0) is 30.0 Å². The molecule has 82 valence electrons. The maximum atomic E-state index is 5.65. The van der Waals surface area contributed by atoms with Gasteiger partial charge in [0, 0.05) is 11.1 Å². The van der Waals surface area contributed by atoms with Crippen LogP contribution in [0.5, 0.6) is 0 Å². The fourth-order valence-electron chi connectivity index (χ4n) is 1.80. The summed E-state index contributed by atoms with van der Waals surface area (Å²) in [5.74, 6) is 0.954. The van der Waals surface area contributed by atoms with Gasteiger partial charge in [-0.25, -0.2) is 0 Å². The van der Waals surface area contributed by atoms with Gasteiger partial charge < -0.3 is 4.74 Å². The maximum Gasteiger partial charge on any atom is 0.0716 e. The maximum absolute atomic E-state index is 5.65. The summed E-state index contributed by atoms with van der Waals surface area (Å²) in [6.45, 7) is 1.67. The molecule has 0 N–H and O–H groups in total. The molecule has 1 aromatic carbocycles. The molecule has 2 heteroatoms. The average molecular weight is 269 g/mol. The van der Waals surface area contributed by atoms with Crippen molar-refractivity contribution in [2.75, 3.05) is 6.61 Å². The van der Waals surface area contributed by atoms with Crippen LogP contribution >= 0.6 is 15.9 Å². The second kappa shape index (κ2) is 5.66. The molecule has 1 saturated carbocycles. The Morgan fingerprint density at radius 1 is 1.20 bits per heavy atom. The van der Waals surface area contributed by atoms with E-state index in [1.165, 1.54) is 31.2 Å². The van der Waals surface area contributed by atoms with Crippen molar-refractivity contribution in [3.8, 4) is 0 Å². The molecule has 0 saturated heterocycles. The number of benzene rings is 1. The predicted molar refractivity (Wildman–Crippen MR) is 65.8 cm³/mol. The van der Waals surface area contributed by atoms with Crippen molar-refractivity contribution in [2.24, 2.45) is 5.92 Å². The van der Waals surface area contributed by atoms with E-state index in [0.717, 1.165) is 23.6 Å². The van der Waals surface area contributed by atoms with Crippen LogP contribution in [0.4, 0.5) is 0 Å². The van der Waals surface area contributed by atoms with E-state index in [-0.39, 0.29) is 0 Å². The van der Waals surface area contributed by atoms with E-state index in [1.54, 1.807) is 0 Å². The van der Waals surface area contributed by atoms with Crippen LogP contribution in [0, 0.1) is 5.92 Å². The lowest BCUT2D eigenvalue weighted by molar-refractivity contribution is 0.0950. The van der Waals surface area contributed by atoms with E-state index in [4.69, 9.17) is 4.74 Å². The topological polar surface area (TPSA) is 9.23 Å². The molecule has 1 aliphatic rings. The highest BCUT2D eigenvalue weighted by atomic mass is 79.9. The number of halogens is 1. The molecule has 1 aliphatic carbocycles. The Morgan fingerprint density at radius 3 is 2.53 bits per heavy atom. The lowest BCUT2D eigenvalue weighted by Gasteiger charge is -2.24. The minimum Gasteiger partial charge on any atom is -0.377 e. The van der Waals surface area contributed by atoms with Gasteiger partial charge in [0.15, 0.2) is 0 Å². The Hall–Kier alpha value is -0.340. The molecular weight excluding hydrogens is 252 g/mol. The van der Waals surface area contributed by atoms with Gasteiger partial charge in [0.2, 0.25) is 0 Å². The van der Waals surface area contributed by atoms with Crippen molar-refractivity contribution in [1.29, 1.82) is 0 Å². The molecule has 0 aliphatic heterocycles. The summed E-state index contributed by atoms with van der Waals surface area (Å²) in [5.41, 5.74) is 1.26. The first-order valence-corrected chi connectivity index (χ1v) is 6.46. The second-order valence-corrected chi connectivity index (χ2v) is 5.18. The molecule has 0 aromatic heterocycles. The molecule has 1 fully saturated rings. The van der Waals surface area contributed by atoms with Crippen LogP contribution in [-0.2, 0) is 11.3 Å². The fraction of sp³-hybridized carbons (Fsp3) is 0.538. The predicted octanol–water partition coefficient (Wildman–Crippen LogP) is 4.16. The van der Waals surface area contributed by atoms with Gasteiger partial charge in [0.05, 0.1) is 6.61 Å². The zero-order valence-corrected chi connectivity index (χ0v) is 10.5. The summed E-state index contributed by atoms with van der Waals surface area (Å²) in [7, 11) is 0. The molecule has 0 unspecified atom stereocenters. The third kappa shape index (κ3) is 3.62. The van der Waals surface area contributed by atoms with Gasteiger partial charge in [-0.15, -0.1) is 0 Å². The number of rotatable bonds is 5. The van der Waals surface area contributed by atoms with Crippen LogP contribution in [0.2, 0.25) is 0 Å². The molecule has 15 heavy (non-hydrogen) atoms. The smallest absolute Gasteiger partial charge is 0.0716 e. The van der Waals surface area contributed by atoms with E-state index in [1.807, 2.05) is 0 Å². The molecule has 0 heterocycles. The molecule has 0 atom stereocenters. The lowest BCUT2D eigenvalue weighted by atomic mass is 9.83. The molecule has 0 radical (unpaired) electrons. The Labute approximate surface area is 100.0 Å². The molecule has 0 bridgehead atoms. The van der Waals surface area contributed by atoms with Crippen LogP contribution in [0.1, 0.15) is 31.2 Å². The van der Waals surface area contributed by atoms with Crippen LogP contribution in [0.25, 0.3) is 0 Å². The van der Waals surface area contributed by atoms with Crippen molar-refractivity contribution < 1.29 is 4.74 Å². The van der Waals surface area contributed by atoms with Crippen LogP contribution in [0.3, 0.4) is 0 Å². The van der Waals surface area contributed by atoms with Gasteiger partial charge in [0.1, 0.15) is 0 Å². The quantitative estimate of drug-likeness (QED) is 0.729. The summed E-state index contributed by atoms with van der Waals surface area (Å²) in [6.07, 6.45) is 5.51. The van der Waals surface area contributed by atoms with Crippen molar-refractivity contribution in [3.63, 3.8) is 0 Å². The summed E-state index contributed by atoms with van der Waals surface area (Å²) in [6, 6.07) is 8.33. The van der Waals surface area contributed by atoms with Crippen molar-refractivity contribution in [2.45, 2.75) is 32.3 Å². The summed E-state index contributed by atoms with van der Waals surface area (Å²) < 4.78 is 6.78. The highest BCUT2D eigenvalue weighted by Crippen LogP contribution is 2.29. The zero-order valence-electron chi connectivity index (χ0n) is 8.92. The Bertz CT molecular complexity index is 290. The van der Waals surface area contributed by atoms with Crippen molar-refractivity contribution in [1.82, 2.24) is 0 Å². The molecule has 1 nitrogen and oxygen atoms in total. The number of hydrogen-bond donors (Lipinski definition) is 0. The average Bonchev–Trinajstić information content (AvgIpc) is 2.18. The first kappa shape index (κ1) is 11.2. The summed E-state index contributed by atoms with van der Waals surface area (Å²) in [5, 5.41) is 0. The second-order valence-electron chi connectivity index (χ2n) is 4.26. The van der Waals surface area contributed by atoms with E-state index in [0.29, 0.717) is 0 Å². The first-order chi connectivity index (χ1) is 7.34. The number of hydrogen-bond acceptors (Lipinski definition) is 1. The Morgan fingerprint density at radius 2 is 1.93 bits per heavy atom. The largest absolute Gasteiger partial charge is 0.377 e. The van der Waals surface area contributed by atoms with Gasteiger partial charge in [-0.2, -0.15) is 0 Å². The van der Waals surface area contributed by atoms with E-state index < -0.39 is 0 Å². The van der Waals surface area contributed by atoms with E-state index >= 15 is 0 Å². The van der Waals surface area contributed by atoms with Crippen molar-refractivity contribution in [3.05, 3.63) is 34.3 Å². The van der Waals surface area contributed by atoms with Crippen LogP contribution in [-0.4, -0.2) is 6.61 Å². The first-order valence-electron chi connectivity index (χ1n) is 5.67.